The van der Waals surface area contributed by atoms with Gasteiger partial charge in [-0.25, -0.2) is 4.98 Å². The predicted octanol–water partition coefficient (Wildman–Crippen LogP) is 6.64. The van der Waals surface area contributed by atoms with Gasteiger partial charge in [0, 0.05) is 24.5 Å². The van der Waals surface area contributed by atoms with Crippen LogP contribution in [0.5, 0.6) is 17.2 Å². The predicted molar refractivity (Wildman–Crippen MR) is 160 cm³/mol. The standard InChI is InChI=1S/C32H38ClN3O4/c1-38-29-18-13-24(22-30(29)39-2)23-32(37)34-19-7-3-4-12-31-35-27-10-5-6-11-28(27)36(31)20-8-9-21-40-26-16-14-25(33)15-17-26/h5-6,10-11,13-18,22H,3-4,7-9,12,19-21,23H2,1-2H3,(H,34,37). The van der Waals surface area contributed by atoms with E-state index in [1.54, 1.807) is 14.2 Å². The number of methoxy groups -OCH3 is 2. The molecule has 0 aliphatic rings. The minimum atomic E-state index is 0.00838. The molecule has 0 unspecified atom stereocenters. The highest BCUT2D eigenvalue weighted by Gasteiger charge is 2.11. The van der Waals surface area contributed by atoms with Crippen LogP contribution >= 0.6 is 11.6 Å². The molecule has 1 aromatic heterocycles. The van der Waals surface area contributed by atoms with Crippen LogP contribution in [-0.2, 0) is 24.2 Å². The van der Waals surface area contributed by atoms with Gasteiger partial charge in [0.1, 0.15) is 11.6 Å². The number of para-hydroxylation sites is 2. The maximum absolute atomic E-state index is 12.4. The Balaban J connectivity index is 1.18. The van der Waals surface area contributed by atoms with E-state index in [0.29, 0.717) is 36.1 Å². The summed E-state index contributed by atoms with van der Waals surface area (Å²) < 4.78 is 18.8. The summed E-state index contributed by atoms with van der Waals surface area (Å²) in [6.45, 7) is 2.24. The zero-order chi connectivity index (χ0) is 28.2. The van der Waals surface area contributed by atoms with Crippen molar-refractivity contribution in [3.05, 3.63) is 83.1 Å². The van der Waals surface area contributed by atoms with Crippen molar-refractivity contribution in [1.29, 1.82) is 0 Å². The van der Waals surface area contributed by atoms with Crippen LogP contribution in [0.2, 0.25) is 5.02 Å². The van der Waals surface area contributed by atoms with Gasteiger partial charge in [-0.05, 0) is 79.8 Å². The number of rotatable bonds is 16. The van der Waals surface area contributed by atoms with Gasteiger partial charge in [-0.1, -0.05) is 36.2 Å². The summed E-state index contributed by atoms with van der Waals surface area (Å²) in [6.07, 6.45) is 6.17. The van der Waals surface area contributed by atoms with E-state index in [9.17, 15) is 4.79 Å². The van der Waals surface area contributed by atoms with Crippen molar-refractivity contribution >= 4 is 28.5 Å². The molecule has 0 aliphatic heterocycles. The van der Waals surface area contributed by atoms with Crippen LogP contribution in [-0.4, -0.2) is 42.8 Å². The van der Waals surface area contributed by atoms with E-state index in [-0.39, 0.29) is 5.91 Å². The zero-order valence-electron chi connectivity index (χ0n) is 23.3. The number of nitrogens with one attached hydrogen (secondary N) is 1. The number of amides is 1. The fraction of sp³-hybridized carbons (Fsp3) is 0.375. The molecule has 40 heavy (non-hydrogen) atoms. The Bertz CT molecular complexity index is 1370. The molecule has 0 spiro atoms. The van der Waals surface area contributed by atoms with Gasteiger partial charge in [-0.2, -0.15) is 0 Å². The summed E-state index contributed by atoms with van der Waals surface area (Å²) in [5, 5.41) is 3.74. The first-order valence-corrected chi connectivity index (χ1v) is 14.3. The van der Waals surface area contributed by atoms with Crippen molar-refractivity contribution in [2.24, 2.45) is 0 Å². The number of halogens is 1. The Kier molecular flexibility index (Phi) is 11.1. The van der Waals surface area contributed by atoms with Gasteiger partial charge < -0.3 is 24.1 Å². The lowest BCUT2D eigenvalue weighted by atomic mass is 10.1. The summed E-state index contributed by atoms with van der Waals surface area (Å²) >= 11 is 5.94. The third-order valence-electron chi connectivity index (χ3n) is 6.80. The second-order valence-corrected chi connectivity index (χ2v) is 10.1. The molecule has 0 saturated heterocycles. The van der Waals surface area contributed by atoms with Crippen molar-refractivity contribution in [3.63, 3.8) is 0 Å². The fourth-order valence-electron chi connectivity index (χ4n) is 4.71. The van der Waals surface area contributed by atoms with E-state index in [4.69, 9.17) is 30.8 Å². The molecular formula is C32H38ClN3O4. The molecule has 7 nitrogen and oxygen atoms in total. The highest BCUT2D eigenvalue weighted by atomic mass is 35.5. The van der Waals surface area contributed by atoms with Crippen LogP contribution in [0.3, 0.4) is 0 Å². The minimum absolute atomic E-state index is 0.00838. The summed E-state index contributed by atoms with van der Waals surface area (Å²) in [5.74, 6) is 3.26. The average Bonchev–Trinajstić information content (AvgIpc) is 3.32. The van der Waals surface area contributed by atoms with E-state index >= 15 is 0 Å². The summed E-state index contributed by atoms with van der Waals surface area (Å²) in [4.78, 5) is 17.3. The van der Waals surface area contributed by atoms with E-state index in [2.05, 4.69) is 28.1 Å². The second-order valence-electron chi connectivity index (χ2n) is 9.70. The molecule has 8 heteroatoms. The number of imidazole rings is 1. The molecule has 0 atom stereocenters. The Morgan fingerprint density at radius 1 is 0.900 bits per heavy atom. The number of nitrogens with zero attached hydrogens (tertiary/aromatic N) is 2. The molecule has 1 N–H and O–H groups in total. The van der Waals surface area contributed by atoms with Crippen molar-refractivity contribution in [2.45, 2.75) is 51.5 Å². The van der Waals surface area contributed by atoms with E-state index in [1.165, 1.54) is 5.52 Å². The lowest BCUT2D eigenvalue weighted by Crippen LogP contribution is -2.26. The third kappa shape index (κ3) is 8.39. The van der Waals surface area contributed by atoms with Crippen LogP contribution < -0.4 is 19.5 Å². The van der Waals surface area contributed by atoms with Gasteiger partial charge in [0.2, 0.25) is 5.91 Å². The normalized spacial score (nSPS) is 11.0. The van der Waals surface area contributed by atoms with Gasteiger partial charge in [0.15, 0.2) is 11.5 Å². The smallest absolute Gasteiger partial charge is 0.224 e. The zero-order valence-corrected chi connectivity index (χ0v) is 24.1. The molecule has 3 aromatic carbocycles. The molecule has 0 radical (unpaired) electrons. The van der Waals surface area contributed by atoms with Crippen molar-refractivity contribution < 1.29 is 19.0 Å². The van der Waals surface area contributed by atoms with Crippen LogP contribution in [0, 0.1) is 0 Å². The number of hydrogen-bond donors (Lipinski definition) is 1. The molecule has 0 fully saturated rings. The lowest BCUT2D eigenvalue weighted by Gasteiger charge is -2.11. The van der Waals surface area contributed by atoms with Crippen LogP contribution in [0.1, 0.15) is 43.5 Å². The van der Waals surface area contributed by atoms with Gasteiger partial charge in [0.05, 0.1) is 38.3 Å². The molecule has 0 bridgehead atoms. The molecule has 4 aromatic rings. The highest BCUT2D eigenvalue weighted by molar-refractivity contribution is 6.30. The fourth-order valence-corrected chi connectivity index (χ4v) is 4.84. The first-order valence-electron chi connectivity index (χ1n) is 13.9. The Hall–Kier alpha value is -3.71. The number of fused-ring (bicyclic) bond motifs is 1. The van der Waals surface area contributed by atoms with E-state index in [1.807, 2.05) is 48.5 Å². The second kappa shape index (κ2) is 15.2. The van der Waals surface area contributed by atoms with Crippen LogP contribution in [0.15, 0.2) is 66.7 Å². The van der Waals surface area contributed by atoms with E-state index < -0.39 is 0 Å². The highest BCUT2D eigenvalue weighted by Crippen LogP contribution is 2.27. The number of unbranched alkanes of at least 4 members (excludes halogenated alkanes) is 3. The largest absolute Gasteiger partial charge is 0.494 e. The first kappa shape index (κ1) is 29.3. The maximum atomic E-state index is 12.4. The molecular weight excluding hydrogens is 526 g/mol. The molecule has 1 amide bonds. The van der Waals surface area contributed by atoms with Crippen molar-refractivity contribution in [1.82, 2.24) is 14.9 Å². The maximum Gasteiger partial charge on any atom is 0.224 e. The average molecular weight is 564 g/mol. The lowest BCUT2D eigenvalue weighted by molar-refractivity contribution is -0.120. The van der Waals surface area contributed by atoms with Crippen LogP contribution in [0.25, 0.3) is 11.0 Å². The number of carbonyl (C=O) groups excluding carboxylic acids is 1. The third-order valence-corrected chi connectivity index (χ3v) is 7.06. The molecule has 0 saturated carbocycles. The molecule has 1 heterocycles. The number of hydrogen-bond acceptors (Lipinski definition) is 5. The molecule has 212 valence electrons. The number of aryl methyl sites for hydroxylation is 2. The van der Waals surface area contributed by atoms with Crippen molar-refractivity contribution in [3.8, 4) is 17.2 Å². The quantitative estimate of drug-likeness (QED) is 0.155. The Morgan fingerprint density at radius 2 is 1.70 bits per heavy atom. The Morgan fingerprint density at radius 3 is 2.50 bits per heavy atom. The number of benzene rings is 3. The first-order chi connectivity index (χ1) is 19.6. The number of carbonyl (C=O) groups is 1. The van der Waals surface area contributed by atoms with Crippen LogP contribution in [0.4, 0.5) is 0 Å². The minimum Gasteiger partial charge on any atom is -0.494 e. The van der Waals surface area contributed by atoms with Crippen molar-refractivity contribution in [2.75, 3.05) is 27.4 Å². The van der Waals surface area contributed by atoms with Gasteiger partial charge in [0.25, 0.3) is 0 Å². The number of ether oxygens (including phenoxy) is 3. The summed E-state index contributed by atoms with van der Waals surface area (Å²) in [6, 6.07) is 21.4. The van der Waals surface area contributed by atoms with Gasteiger partial charge in [-0.3, -0.25) is 4.79 Å². The van der Waals surface area contributed by atoms with E-state index in [0.717, 1.165) is 67.7 Å². The molecule has 0 aliphatic carbocycles. The topological polar surface area (TPSA) is 74.6 Å². The monoisotopic (exact) mass is 563 g/mol. The SMILES string of the molecule is COc1ccc(CC(=O)NCCCCCc2nc3ccccc3n2CCCCOc2ccc(Cl)cc2)cc1OC. The number of aromatic nitrogens is 2. The summed E-state index contributed by atoms with van der Waals surface area (Å²) in [7, 11) is 3.19. The Labute approximate surface area is 241 Å². The van der Waals surface area contributed by atoms with Gasteiger partial charge in [-0.15, -0.1) is 0 Å². The van der Waals surface area contributed by atoms with Gasteiger partial charge >= 0.3 is 0 Å². The molecule has 4 rings (SSSR count). The summed E-state index contributed by atoms with van der Waals surface area (Å²) in [5.41, 5.74) is 3.11.